The Morgan fingerprint density at radius 1 is 1.05 bits per heavy atom. The summed E-state index contributed by atoms with van der Waals surface area (Å²) in [5.74, 6) is -0.321. The van der Waals surface area contributed by atoms with Crippen molar-refractivity contribution in [1.29, 1.82) is 0 Å². The summed E-state index contributed by atoms with van der Waals surface area (Å²) in [6.45, 7) is 1.87. The van der Waals surface area contributed by atoms with E-state index >= 15 is 0 Å². The zero-order valence-electron chi connectivity index (χ0n) is 11.8. The van der Waals surface area contributed by atoms with Gasteiger partial charge in [-0.25, -0.2) is 8.78 Å². The molecule has 0 aromatic heterocycles. The fraction of sp³-hybridized carbons (Fsp3) is 0.125. The lowest BCUT2D eigenvalue weighted by molar-refractivity contribution is 0.116. The molecule has 2 N–H and O–H groups in total. The Labute approximate surface area is 131 Å². The summed E-state index contributed by atoms with van der Waals surface area (Å²) in [5.41, 5.74) is 4.13. The summed E-state index contributed by atoms with van der Waals surface area (Å²) in [6, 6.07) is 11.0. The van der Waals surface area contributed by atoms with Crippen molar-refractivity contribution in [2.24, 2.45) is 0 Å². The lowest BCUT2D eigenvalue weighted by Gasteiger charge is -2.04. The van der Waals surface area contributed by atoms with Gasteiger partial charge in [-0.15, -0.1) is 10.2 Å². The van der Waals surface area contributed by atoms with Crippen LogP contribution in [-0.4, -0.2) is 6.17 Å². The van der Waals surface area contributed by atoms with Crippen LogP contribution < -0.4 is 10.2 Å². The lowest BCUT2D eigenvalue weighted by atomic mass is 10.1. The maximum atomic E-state index is 13.2. The van der Waals surface area contributed by atoms with Crippen LogP contribution in [0.3, 0.4) is 0 Å². The van der Waals surface area contributed by atoms with Crippen molar-refractivity contribution < 1.29 is 13.6 Å². The molecule has 0 fully saturated rings. The second-order valence-electron chi connectivity index (χ2n) is 4.92. The topological polar surface area (TPSA) is 33.3 Å². The SMILES string of the molecule is CC1=CC(N[SH+]c2ccc(-c3cc(F)cc(F)c3)cc2)NO1. The Hall–Kier alpha value is -1.89. The molecule has 6 heteroatoms. The summed E-state index contributed by atoms with van der Waals surface area (Å²) < 4.78 is 29.7. The predicted octanol–water partition coefficient (Wildman–Crippen LogP) is 3.07. The van der Waals surface area contributed by atoms with E-state index in [0.29, 0.717) is 5.56 Å². The first kappa shape index (κ1) is 15.0. The molecule has 0 saturated carbocycles. The molecule has 0 aliphatic carbocycles. The molecule has 2 aromatic carbocycles. The van der Waals surface area contributed by atoms with Gasteiger partial charge in [0.15, 0.2) is 11.1 Å². The third kappa shape index (κ3) is 3.65. The van der Waals surface area contributed by atoms with Crippen LogP contribution in [0.15, 0.2) is 59.2 Å². The standard InChI is InChI=1S/C16H14F2N2OS/c1-10-6-16(19-21-10)20-22-15-4-2-11(3-5-15)12-7-13(17)9-14(18)8-12/h2-9,16,19-20H,1H3/p+1. The number of thiol groups is 1. The van der Waals surface area contributed by atoms with Gasteiger partial charge in [0.1, 0.15) is 17.4 Å². The highest BCUT2D eigenvalue weighted by Gasteiger charge is 2.17. The molecular formula is C16H15F2N2OS+. The lowest BCUT2D eigenvalue weighted by Crippen LogP contribution is -2.35. The van der Waals surface area contributed by atoms with Crippen molar-refractivity contribution >= 4 is 11.9 Å². The molecule has 3 rings (SSSR count). The van der Waals surface area contributed by atoms with Gasteiger partial charge >= 0.3 is 0 Å². The van der Waals surface area contributed by atoms with Gasteiger partial charge in [-0.05, 0) is 60.5 Å². The van der Waals surface area contributed by atoms with E-state index in [1.54, 1.807) is 0 Å². The molecule has 1 aliphatic heterocycles. The highest BCUT2D eigenvalue weighted by molar-refractivity contribution is 7.76. The van der Waals surface area contributed by atoms with Crippen LogP contribution in [0.25, 0.3) is 11.1 Å². The van der Waals surface area contributed by atoms with Gasteiger partial charge in [-0.2, -0.15) is 0 Å². The van der Waals surface area contributed by atoms with Gasteiger partial charge in [0, 0.05) is 6.07 Å². The fourth-order valence-corrected chi connectivity index (χ4v) is 2.83. The summed E-state index contributed by atoms with van der Waals surface area (Å²) >= 11 is 0.918. The average molecular weight is 321 g/mol. The largest absolute Gasteiger partial charge is 0.412 e. The van der Waals surface area contributed by atoms with Crippen molar-refractivity contribution in [2.75, 3.05) is 0 Å². The minimum atomic E-state index is -0.576. The van der Waals surface area contributed by atoms with Crippen molar-refractivity contribution in [3.8, 4) is 11.1 Å². The van der Waals surface area contributed by atoms with E-state index in [-0.39, 0.29) is 6.17 Å². The zero-order chi connectivity index (χ0) is 15.5. The third-order valence-corrected chi connectivity index (χ3v) is 4.11. The van der Waals surface area contributed by atoms with E-state index in [1.807, 2.05) is 37.3 Å². The molecule has 0 spiro atoms. The summed E-state index contributed by atoms with van der Waals surface area (Å²) in [5, 5.41) is 0. The first-order chi connectivity index (χ1) is 10.6. The van der Waals surface area contributed by atoms with Crippen molar-refractivity contribution in [3.63, 3.8) is 0 Å². The summed E-state index contributed by atoms with van der Waals surface area (Å²) in [4.78, 5) is 6.17. The summed E-state index contributed by atoms with van der Waals surface area (Å²) in [6.07, 6.45) is 1.91. The third-order valence-electron chi connectivity index (χ3n) is 3.14. The quantitative estimate of drug-likeness (QED) is 0.671. The maximum absolute atomic E-state index is 13.2. The Balaban J connectivity index is 1.67. The normalized spacial score (nSPS) is 17.2. The maximum Gasteiger partial charge on any atom is 0.173 e. The molecule has 1 atom stereocenters. The number of hydrogen-bond acceptors (Lipinski definition) is 3. The molecule has 1 unspecified atom stereocenters. The van der Waals surface area contributed by atoms with Gasteiger partial charge in [0.2, 0.25) is 0 Å². The molecule has 22 heavy (non-hydrogen) atoms. The molecule has 114 valence electrons. The van der Waals surface area contributed by atoms with E-state index in [2.05, 4.69) is 10.2 Å². The number of benzene rings is 2. The zero-order valence-corrected chi connectivity index (χ0v) is 12.7. The molecule has 1 aliphatic rings. The van der Waals surface area contributed by atoms with Crippen molar-refractivity contribution in [3.05, 3.63) is 65.9 Å². The van der Waals surface area contributed by atoms with Crippen LogP contribution in [0.4, 0.5) is 8.78 Å². The van der Waals surface area contributed by atoms with E-state index in [4.69, 9.17) is 4.84 Å². The highest BCUT2D eigenvalue weighted by Crippen LogP contribution is 2.22. The van der Waals surface area contributed by atoms with Crippen LogP contribution in [0, 0.1) is 11.6 Å². The summed E-state index contributed by atoms with van der Waals surface area (Å²) in [7, 11) is 0. The highest BCUT2D eigenvalue weighted by atomic mass is 32.2. The van der Waals surface area contributed by atoms with E-state index in [9.17, 15) is 8.78 Å². The van der Waals surface area contributed by atoms with Crippen molar-refractivity contribution in [1.82, 2.24) is 10.2 Å². The molecule has 0 bridgehead atoms. The average Bonchev–Trinajstić information content (AvgIpc) is 2.90. The molecule has 0 amide bonds. The van der Waals surface area contributed by atoms with Gasteiger partial charge in [0.25, 0.3) is 0 Å². The Morgan fingerprint density at radius 2 is 1.73 bits per heavy atom. The van der Waals surface area contributed by atoms with Crippen LogP contribution >= 0.6 is 0 Å². The minimum absolute atomic E-state index is 0.0290. The van der Waals surface area contributed by atoms with Crippen LogP contribution in [0.1, 0.15) is 6.92 Å². The van der Waals surface area contributed by atoms with Gasteiger partial charge in [0.05, 0.1) is 11.9 Å². The number of allylic oxidation sites excluding steroid dienone is 1. The van der Waals surface area contributed by atoms with Crippen molar-refractivity contribution in [2.45, 2.75) is 18.0 Å². The number of rotatable bonds is 4. The van der Waals surface area contributed by atoms with Crippen LogP contribution in [0.5, 0.6) is 0 Å². The minimum Gasteiger partial charge on any atom is -0.412 e. The molecule has 3 nitrogen and oxygen atoms in total. The molecule has 0 radical (unpaired) electrons. The van der Waals surface area contributed by atoms with Crippen LogP contribution in [-0.2, 0) is 16.8 Å². The Morgan fingerprint density at radius 3 is 2.32 bits per heavy atom. The first-order valence-corrected chi connectivity index (χ1v) is 7.63. The smallest absolute Gasteiger partial charge is 0.173 e. The van der Waals surface area contributed by atoms with E-state index in [0.717, 1.165) is 34.2 Å². The molecule has 0 saturated heterocycles. The monoisotopic (exact) mass is 321 g/mol. The molecule has 1 heterocycles. The number of hydrogen-bond donors (Lipinski definition) is 2. The predicted molar refractivity (Wildman–Crippen MR) is 83.7 cm³/mol. The van der Waals surface area contributed by atoms with Gasteiger partial charge in [-0.3, -0.25) is 0 Å². The number of hydroxylamine groups is 1. The van der Waals surface area contributed by atoms with Gasteiger partial charge in [-0.1, -0.05) is 0 Å². The Bertz CT molecular complexity index is 684. The second kappa shape index (κ2) is 6.48. The number of nitrogens with one attached hydrogen (secondary N) is 2. The van der Waals surface area contributed by atoms with E-state index in [1.165, 1.54) is 12.1 Å². The van der Waals surface area contributed by atoms with E-state index < -0.39 is 11.6 Å². The Kier molecular flexibility index (Phi) is 4.42. The molecule has 2 aromatic rings. The van der Waals surface area contributed by atoms with Gasteiger partial charge < -0.3 is 4.84 Å². The fourth-order valence-electron chi connectivity index (χ4n) is 2.12. The second-order valence-corrected chi connectivity index (χ2v) is 5.92. The first-order valence-electron chi connectivity index (χ1n) is 6.74. The van der Waals surface area contributed by atoms with Crippen LogP contribution in [0.2, 0.25) is 0 Å². The number of halogens is 2. The molecular weight excluding hydrogens is 306 g/mol.